The van der Waals surface area contributed by atoms with Gasteiger partial charge in [-0.25, -0.2) is 9.37 Å². The summed E-state index contributed by atoms with van der Waals surface area (Å²) in [5.41, 5.74) is 2.00. The zero-order chi connectivity index (χ0) is 24.6. The number of aromatic nitrogens is 5. The van der Waals surface area contributed by atoms with E-state index in [0.29, 0.717) is 31.6 Å². The molecule has 35 heavy (non-hydrogen) atoms. The molecule has 0 unspecified atom stereocenters. The molecule has 1 saturated heterocycles. The van der Waals surface area contributed by atoms with Crippen molar-refractivity contribution in [1.29, 1.82) is 0 Å². The third-order valence-electron chi connectivity index (χ3n) is 6.88. The number of H-pyrrole nitrogens is 1. The lowest BCUT2D eigenvalue weighted by atomic mass is 9.88. The van der Waals surface area contributed by atoms with Crippen LogP contribution in [0.25, 0.3) is 11.3 Å². The second-order valence-electron chi connectivity index (χ2n) is 9.05. The number of carbonyl (C=O) groups excluding carboxylic acids is 2. The molecule has 2 fully saturated rings. The molecule has 1 saturated carbocycles. The van der Waals surface area contributed by atoms with Gasteiger partial charge in [0.2, 0.25) is 11.8 Å². The van der Waals surface area contributed by atoms with Crippen molar-refractivity contribution < 1.29 is 18.7 Å². The predicted octanol–water partition coefficient (Wildman–Crippen LogP) is 2.42. The number of hydrogen-bond donors (Lipinski definition) is 2. The quantitative estimate of drug-likeness (QED) is 0.556. The monoisotopic (exact) mass is 479 g/mol. The lowest BCUT2D eigenvalue weighted by Crippen LogP contribution is -2.50. The number of piperidine rings is 1. The molecule has 3 aromatic rings. The average Bonchev–Trinajstić information content (AvgIpc) is 3.44. The summed E-state index contributed by atoms with van der Waals surface area (Å²) in [6.07, 6.45) is 7.16. The van der Waals surface area contributed by atoms with Crippen molar-refractivity contribution in [1.82, 2.24) is 35.4 Å². The third kappa shape index (κ3) is 4.45. The van der Waals surface area contributed by atoms with Gasteiger partial charge in [-0.15, -0.1) is 0 Å². The fourth-order valence-electron chi connectivity index (χ4n) is 4.72. The number of halogens is 1. The first-order chi connectivity index (χ1) is 16.9. The molecule has 0 aromatic carbocycles. The van der Waals surface area contributed by atoms with Gasteiger partial charge in [0.05, 0.1) is 36.9 Å². The van der Waals surface area contributed by atoms with Gasteiger partial charge in [-0.3, -0.25) is 24.7 Å². The number of carbonyl (C=O) groups is 2. The smallest absolute Gasteiger partial charge is 0.274 e. The van der Waals surface area contributed by atoms with E-state index in [2.05, 4.69) is 30.5 Å². The minimum absolute atomic E-state index is 0.0300. The molecule has 2 amide bonds. The van der Waals surface area contributed by atoms with E-state index in [1.807, 2.05) is 11.8 Å². The van der Waals surface area contributed by atoms with Crippen LogP contribution in [-0.2, 0) is 11.3 Å². The Hall–Kier alpha value is -3.89. The zero-order valence-electron chi connectivity index (χ0n) is 19.5. The fourth-order valence-corrected chi connectivity index (χ4v) is 4.72. The molecule has 1 spiro atoms. The summed E-state index contributed by atoms with van der Waals surface area (Å²) in [7, 11) is 1.45. The number of likely N-dealkylation sites (tertiary alicyclic amines) is 1. The van der Waals surface area contributed by atoms with E-state index in [9.17, 15) is 14.0 Å². The number of amides is 2. The maximum absolute atomic E-state index is 14.3. The largest absolute Gasteiger partial charge is 0.481 e. The number of methoxy groups -OCH3 is 1. The molecule has 2 aliphatic rings. The third-order valence-corrected chi connectivity index (χ3v) is 6.88. The molecule has 10 nitrogen and oxygen atoms in total. The molecule has 1 atom stereocenters. The van der Waals surface area contributed by atoms with Crippen molar-refractivity contribution in [2.24, 2.45) is 5.92 Å². The Labute approximate surface area is 201 Å². The Balaban J connectivity index is 1.25. The highest BCUT2D eigenvalue weighted by Crippen LogP contribution is 2.50. The van der Waals surface area contributed by atoms with Gasteiger partial charge in [0, 0.05) is 42.0 Å². The van der Waals surface area contributed by atoms with Gasteiger partial charge in [-0.2, -0.15) is 5.10 Å². The van der Waals surface area contributed by atoms with Crippen LogP contribution in [0.2, 0.25) is 0 Å². The number of nitrogens with one attached hydrogen (secondary N) is 2. The van der Waals surface area contributed by atoms with E-state index in [0.717, 1.165) is 30.4 Å². The second-order valence-corrected chi connectivity index (χ2v) is 9.05. The number of hydrogen-bond acceptors (Lipinski definition) is 7. The van der Waals surface area contributed by atoms with Crippen molar-refractivity contribution in [3.63, 3.8) is 0 Å². The SMILES string of the molecule is COc1cc(-c2cc(C(=O)N3CC[C@H](C(=O)NCc4nccnc4C)CC34CC4)n[nH]2)c(F)cn1. The van der Waals surface area contributed by atoms with Crippen LogP contribution in [0, 0.1) is 18.7 Å². The summed E-state index contributed by atoms with van der Waals surface area (Å²) in [4.78, 5) is 40.3. The number of pyridine rings is 1. The summed E-state index contributed by atoms with van der Waals surface area (Å²) in [5, 5.41) is 9.87. The molecule has 5 rings (SSSR count). The van der Waals surface area contributed by atoms with Gasteiger partial charge in [0.15, 0.2) is 11.5 Å². The molecule has 0 bridgehead atoms. The molecular formula is C24H26FN7O3. The molecule has 2 N–H and O–H groups in total. The normalized spacial score (nSPS) is 18.4. The number of ether oxygens (including phenoxy) is 1. The summed E-state index contributed by atoms with van der Waals surface area (Å²) < 4.78 is 19.4. The lowest BCUT2D eigenvalue weighted by Gasteiger charge is -2.39. The van der Waals surface area contributed by atoms with Crippen LogP contribution in [-0.4, -0.2) is 61.1 Å². The zero-order valence-corrected chi connectivity index (χ0v) is 19.5. The molecular weight excluding hydrogens is 453 g/mol. The number of aromatic amines is 1. The van der Waals surface area contributed by atoms with Crippen molar-refractivity contribution >= 4 is 11.8 Å². The highest BCUT2D eigenvalue weighted by Gasteiger charge is 2.54. The standard InChI is InChI=1S/C24H26FN7O3/c1-14-20(27-7-6-26-14)13-29-22(33)15-3-8-32(24(11-15)4-5-24)23(34)19-10-18(30-31-19)16-9-21(35-2)28-12-17(16)25/h6-7,9-10,12,15H,3-5,8,11,13H2,1-2H3,(H,29,33)(H,30,31)/t15-/m0/s1. The van der Waals surface area contributed by atoms with Crippen LogP contribution in [0.5, 0.6) is 5.88 Å². The Morgan fingerprint density at radius 2 is 2.06 bits per heavy atom. The lowest BCUT2D eigenvalue weighted by molar-refractivity contribution is -0.127. The maximum atomic E-state index is 14.3. The Bertz CT molecular complexity index is 1270. The summed E-state index contributed by atoms with van der Waals surface area (Å²) in [6, 6.07) is 2.99. The summed E-state index contributed by atoms with van der Waals surface area (Å²) in [5.74, 6) is -0.712. The van der Waals surface area contributed by atoms with Crippen molar-refractivity contribution in [3.05, 3.63) is 53.6 Å². The van der Waals surface area contributed by atoms with E-state index in [-0.39, 0.29) is 40.4 Å². The first-order valence-corrected chi connectivity index (χ1v) is 11.5. The highest BCUT2D eigenvalue weighted by atomic mass is 19.1. The van der Waals surface area contributed by atoms with Crippen LogP contribution in [0.1, 0.15) is 47.6 Å². The molecule has 182 valence electrons. The highest BCUT2D eigenvalue weighted by molar-refractivity contribution is 5.94. The summed E-state index contributed by atoms with van der Waals surface area (Å²) in [6.45, 7) is 2.65. The second kappa shape index (κ2) is 9.05. The first kappa shape index (κ1) is 22.9. The first-order valence-electron chi connectivity index (χ1n) is 11.5. The number of aryl methyl sites for hydroxylation is 1. The molecule has 4 heterocycles. The summed E-state index contributed by atoms with van der Waals surface area (Å²) >= 11 is 0. The maximum Gasteiger partial charge on any atom is 0.274 e. The van der Waals surface area contributed by atoms with Crippen molar-refractivity contribution in [2.45, 2.75) is 44.7 Å². The van der Waals surface area contributed by atoms with E-state index >= 15 is 0 Å². The van der Waals surface area contributed by atoms with Gasteiger partial charge in [-0.1, -0.05) is 0 Å². The van der Waals surface area contributed by atoms with Crippen LogP contribution in [0.15, 0.2) is 30.7 Å². The molecule has 1 aliphatic heterocycles. The minimum atomic E-state index is -0.546. The molecule has 3 aromatic heterocycles. The molecule has 1 aliphatic carbocycles. The van der Waals surface area contributed by atoms with Gasteiger partial charge < -0.3 is 15.0 Å². The van der Waals surface area contributed by atoms with Gasteiger partial charge in [0.25, 0.3) is 5.91 Å². The Morgan fingerprint density at radius 3 is 2.80 bits per heavy atom. The van der Waals surface area contributed by atoms with Crippen molar-refractivity contribution in [2.75, 3.05) is 13.7 Å². The molecule has 0 radical (unpaired) electrons. The number of rotatable bonds is 6. The van der Waals surface area contributed by atoms with Crippen LogP contribution in [0.3, 0.4) is 0 Å². The van der Waals surface area contributed by atoms with Gasteiger partial charge in [-0.05, 0) is 38.7 Å². The Kier molecular flexibility index (Phi) is 5.91. The molecule has 11 heteroatoms. The van der Waals surface area contributed by atoms with E-state index in [4.69, 9.17) is 4.74 Å². The van der Waals surface area contributed by atoms with E-state index in [1.165, 1.54) is 19.2 Å². The number of nitrogens with zero attached hydrogens (tertiary/aromatic N) is 5. The van der Waals surface area contributed by atoms with Crippen LogP contribution < -0.4 is 10.1 Å². The van der Waals surface area contributed by atoms with Gasteiger partial charge in [0.1, 0.15) is 0 Å². The van der Waals surface area contributed by atoms with Crippen LogP contribution >= 0.6 is 0 Å². The average molecular weight is 480 g/mol. The van der Waals surface area contributed by atoms with Crippen molar-refractivity contribution in [3.8, 4) is 17.1 Å². The fraction of sp³-hybridized carbons (Fsp3) is 0.417. The minimum Gasteiger partial charge on any atom is -0.481 e. The van der Waals surface area contributed by atoms with Gasteiger partial charge >= 0.3 is 0 Å². The Morgan fingerprint density at radius 1 is 1.26 bits per heavy atom. The van der Waals surface area contributed by atoms with E-state index < -0.39 is 5.82 Å². The predicted molar refractivity (Wildman–Crippen MR) is 123 cm³/mol. The van der Waals surface area contributed by atoms with Crippen LogP contribution in [0.4, 0.5) is 4.39 Å². The topological polar surface area (TPSA) is 126 Å². The van der Waals surface area contributed by atoms with E-state index in [1.54, 1.807) is 12.4 Å².